The van der Waals surface area contributed by atoms with Gasteiger partial charge in [0.15, 0.2) is 5.79 Å². The molecular weight excluding hydrogens is 467 g/mol. The molecule has 0 unspecified atom stereocenters. The van der Waals surface area contributed by atoms with E-state index in [4.69, 9.17) is 14.2 Å². The van der Waals surface area contributed by atoms with E-state index in [0.717, 1.165) is 16.2 Å². The molecule has 1 aliphatic carbocycles. The Labute approximate surface area is 206 Å². The van der Waals surface area contributed by atoms with Gasteiger partial charge in [-0.2, -0.15) is 4.57 Å². The minimum atomic E-state index is -1.23. The summed E-state index contributed by atoms with van der Waals surface area (Å²) in [6.45, 7) is 3.59. The maximum Gasteiger partial charge on any atom is 0.338 e. The van der Waals surface area contributed by atoms with Gasteiger partial charge in [-0.25, -0.2) is 9.18 Å². The van der Waals surface area contributed by atoms with Crippen LogP contribution in [0, 0.1) is 0 Å². The zero-order valence-electron chi connectivity index (χ0n) is 19.8. The summed E-state index contributed by atoms with van der Waals surface area (Å²) < 4.78 is 35.1. The molecule has 3 atom stereocenters. The number of hydrogen-bond donors (Lipinski definition) is 0. The summed E-state index contributed by atoms with van der Waals surface area (Å²) >= 11 is 0. The van der Waals surface area contributed by atoms with Crippen molar-refractivity contribution in [3.05, 3.63) is 116 Å². The molecular formula is C27H25FN2O6. The minimum Gasteiger partial charge on any atom is -0.372 e. The van der Waals surface area contributed by atoms with Crippen LogP contribution < -0.4 is 11.2 Å². The van der Waals surface area contributed by atoms with Crippen molar-refractivity contribution >= 4 is 5.91 Å². The molecule has 1 aliphatic heterocycles. The van der Waals surface area contributed by atoms with Crippen LogP contribution in [0.15, 0.2) is 93.9 Å². The van der Waals surface area contributed by atoms with Gasteiger partial charge in [-0.15, -0.1) is 0 Å². The number of carbonyl (C=O) groups excluding carboxylic acids is 1. The van der Waals surface area contributed by atoms with Crippen molar-refractivity contribution in [2.45, 2.75) is 44.5 Å². The lowest BCUT2D eigenvalue weighted by molar-refractivity contribution is -0.150. The molecule has 5 rings (SSSR count). The fraction of sp³-hybridized carbons (Fsp3) is 0.296. The van der Waals surface area contributed by atoms with E-state index in [-0.39, 0.29) is 24.4 Å². The molecule has 2 aliphatic rings. The molecule has 0 radical (unpaired) electrons. The van der Waals surface area contributed by atoms with Crippen molar-refractivity contribution in [2.24, 2.45) is 0 Å². The number of hydrogen-bond acceptors (Lipinski definition) is 6. The molecule has 2 aromatic carbocycles. The third-order valence-electron chi connectivity index (χ3n) is 6.25. The van der Waals surface area contributed by atoms with Gasteiger partial charge in [0, 0.05) is 23.4 Å². The molecule has 0 spiro atoms. The van der Waals surface area contributed by atoms with Crippen molar-refractivity contribution in [1.82, 2.24) is 9.13 Å². The number of nitrogens with zero attached hydrogens (tertiary/aromatic N) is 2. The number of benzene rings is 2. The summed E-state index contributed by atoms with van der Waals surface area (Å²) in [6, 6.07) is 17.2. The second-order valence-electron chi connectivity index (χ2n) is 9.17. The van der Waals surface area contributed by atoms with Crippen molar-refractivity contribution in [3.8, 4) is 0 Å². The SMILES string of the molecule is CC1(C)O[C@@H]2[C@H](O1)C(COCc1ccccc1)=C(F)[C@H]2n1ccc(=O)n(C(=O)c2ccccc2)c1=O. The summed E-state index contributed by atoms with van der Waals surface area (Å²) in [4.78, 5) is 38.9. The molecule has 0 saturated carbocycles. The predicted molar refractivity (Wildman–Crippen MR) is 128 cm³/mol. The predicted octanol–water partition coefficient (Wildman–Crippen LogP) is 3.21. The average molecular weight is 493 g/mol. The van der Waals surface area contributed by atoms with E-state index in [1.165, 1.54) is 18.3 Å². The first-order chi connectivity index (χ1) is 17.3. The van der Waals surface area contributed by atoms with Crippen LogP contribution in [0.2, 0.25) is 0 Å². The highest BCUT2D eigenvalue weighted by molar-refractivity contribution is 5.95. The number of aromatic nitrogens is 2. The van der Waals surface area contributed by atoms with E-state index in [2.05, 4.69) is 0 Å². The lowest BCUT2D eigenvalue weighted by Gasteiger charge is -2.23. The van der Waals surface area contributed by atoms with Gasteiger partial charge in [-0.05, 0) is 31.5 Å². The number of ether oxygens (including phenoxy) is 3. The van der Waals surface area contributed by atoms with E-state index >= 15 is 4.39 Å². The summed E-state index contributed by atoms with van der Waals surface area (Å²) in [6.07, 6.45) is -0.493. The highest BCUT2D eigenvalue weighted by atomic mass is 19.1. The summed E-state index contributed by atoms with van der Waals surface area (Å²) in [7, 11) is 0. The third kappa shape index (κ3) is 4.37. The highest BCUT2D eigenvalue weighted by Gasteiger charge is 2.55. The topological polar surface area (TPSA) is 88.8 Å². The first-order valence-electron chi connectivity index (χ1n) is 11.6. The Balaban J connectivity index is 1.51. The summed E-state index contributed by atoms with van der Waals surface area (Å²) in [5, 5.41) is 0. The Morgan fingerprint density at radius 3 is 2.33 bits per heavy atom. The Bertz CT molecular complexity index is 1430. The molecule has 1 fully saturated rings. The fourth-order valence-electron chi connectivity index (χ4n) is 4.64. The first kappa shape index (κ1) is 24.1. The number of halogens is 1. The molecule has 0 N–H and O–H groups in total. The van der Waals surface area contributed by atoms with Crippen LogP contribution in [0.3, 0.4) is 0 Å². The minimum absolute atomic E-state index is 0.0742. The summed E-state index contributed by atoms with van der Waals surface area (Å²) in [5.41, 5.74) is -0.456. The second-order valence-corrected chi connectivity index (χ2v) is 9.17. The van der Waals surface area contributed by atoms with Crippen LogP contribution in [0.4, 0.5) is 4.39 Å². The maximum absolute atomic E-state index is 15.9. The van der Waals surface area contributed by atoms with Crippen molar-refractivity contribution in [2.75, 3.05) is 6.61 Å². The van der Waals surface area contributed by atoms with Gasteiger partial charge >= 0.3 is 5.69 Å². The highest BCUT2D eigenvalue weighted by Crippen LogP contribution is 2.47. The average Bonchev–Trinajstić information content (AvgIpc) is 3.30. The number of rotatable bonds is 6. The van der Waals surface area contributed by atoms with E-state index < -0.39 is 47.0 Å². The largest absolute Gasteiger partial charge is 0.372 e. The third-order valence-corrected chi connectivity index (χ3v) is 6.25. The Kier molecular flexibility index (Phi) is 6.29. The van der Waals surface area contributed by atoms with Crippen molar-refractivity contribution in [1.29, 1.82) is 0 Å². The standard InChI is InChI=1S/C27H25FN2O6/c1-27(2)35-23-19(16-34-15-17-9-5-3-6-10-17)21(28)22(24(23)36-27)29-14-13-20(31)30(26(29)33)25(32)18-11-7-4-8-12-18/h3-14,22-24H,15-16H2,1-2H3/t22-,23-,24+/m1/s1. The van der Waals surface area contributed by atoms with Gasteiger partial charge < -0.3 is 14.2 Å². The van der Waals surface area contributed by atoms with Crippen molar-refractivity contribution < 1.29 is 23.4 Å². The zero-order valence-corrected chi connectivity index (χ0v) is 19.8. The van der Waals surface area contributed by atoms with E-state index in [1.54, 1.807) is 32.0 Å². The smallest absolute Gasteiger partial charge is 0.338 e. The van der Waals surface area contributed by atoms with Gasteiger partial charge in [0.25, 0.3) is 11.5 Å². The maximum atomic E-state index is 15.9. The van der Waals surface area contributed by atoms with Gasteiger partial charge in [-0.3, -0.25) is 14.2 Å². The molecule has 9 heteroatoms. The molecule has 2 heterocycles. The Hall–Kier alpha value is -3.66. The van der Waals surface area contributed by atoms with Gasteiger partial charge in [0.2, 0.25) is 0 Å². The number of carbonyl (C=O) groups is 1. The molecule has 0 amide bonds. The van der Waals surface area contributed by atoms with E-state index in [9.17, 15) is 14.4 Å². The molecule has 1 aromatic heterocycles. The van der Waals surface area contributed by atoms with Crippen LogP contribution in [0.5, 0.6) is 0 Å². The Morgan fingerprint density at radius 2 is 1.64 bits per heavy atom. The fourth-order valence-corrected chi connectivity index (χ4v) is 4.64. The Morgan fingerprint density at radius 1 is 0.972 bits per heavy atom. The van der Waals surface area contributed by atoms with Gasteiger partial charge in [0.05, 0.1) is 13.2 Å². The number of fused-ring (bicyclic) bond motifs is 1. The molecule has 3 aromatic rings. The van der Waals surface area contributed by atoms with Crippen molar-refractivity contribution in [3.63, 3.8) is 0 Å². The van der Waals surface area contributed by atoms with Crippen LogP contribution in [-0.2, 0) is 20.8 Å². The van der Waals surface area contributed by atoms with Crippen LogP contribution >= 0.6 is 0 Å². The lowest BCUT2D eigenvalue weighted by Crippen LogP contribution is -2.46. The second kappa shape index (κ2) is 9.42. The normalized spacial score (nSPS) is 22.6. The lowest BCUT2D eigenvalue weighted by atomic mass is 10.1. The van der Waals surface area contributed by atoms with Crippen LogP contribution in [0.1, 0.15) is 35.8 Å². The quantitative estimate of drug-likeness (QED) is 0.525. The first-order valence-corrected chi connectivity index (χ1v) is 11.6. The molecule has 8 nitrogen and oxygen atoms in total. The van der Waals surface area contributed by atoms with Gasteiger partial charge in [-0.1, -0.05) is 48.5 Å². The van der Waals surface area contributed by atoms with Crippen LogP contribution in [-0.4, -0.2) is 39.6 Å². The molecule has 1 saturated heterocycles. The summed E-state index contributed by atoms with van der Waals surface area (Å²) in [5.74, 6) is -2.47. The monoisotopic (exact) mass is 492 g/mol. The molecule has 0 bridgehead atoms. The zero-order chi connectivity index (χ0) is 25.4. The van der Waals surface area contributed by atoms with Crippen LogP contribution in [0.25, 0.3) is 0 Å². The van der Waals surface area contributed by atoms with E-state index in [1.807, 2.05) is 30.3 Å². The molecule has 36 heavy (non-hydrogen) atoms. The van der Waals surface area contributed by atoms with Gasteiger partial charge in [0.1, 0.15) is 24.1 Å². The van der Waals surface area contributed by atoms with E-state index in [0.29, 0.717) is 4.57 Å². The molecule has 186 valence electrons.